The molecule has 0 N–H and O–H groups in total. The van der Waals surface area contributed by atoms with Gasteiger partial charge in [-0.3, -0.25) is 0 Å². The van der Waals surface area contributed by atoms with Crippen LogP contribution in [0.4, 0.5) is 17.1 Å². The van der Waals surface area contributed by atoms with Crippen LogP contribution in [0.2, 0.25) is 0 Å². The second kappa shape index (κ2) is 8.17. The van der Waals surface area contributed by atoms with Gasteiger partial charge in [-0.2, -0.15) is 0 Å². The topological polar surface area (TPSA) is 3.24 Å². The first-order valence-electron chi connectivity index (χ1n) is 12.4. The van der Waals surface area contributed by atoms with Crippen LogP contribution in [0.25, 0.3) is 51.1 Å². The second-order valence-corrected chi connectivity index (χ2v) is 11.6. The number of hydrogen-bond acceptors (Lipinski definition) is 3. The fourth-order valence-corrected chi connectivity index (χ4v) is 7.75. The molecule has 2 heterocycles. The standard InChI is InChI=1S/C34H21NS2/c1-2-8-24(9-3-1)35(26-16-17-29-27-10-4-6-12-31(27)37-34(29)21-26)25-15-14-22-20-33-30(19-23(22)18-25)28-11-5-7-13-32(28)36-33/h1-21H. The summed E-state index contributed by atoms with van der Waals surface area (Å²) >= 11 is 3.74. The summed E-state index contributed by atoms with van der Waals surface area (Å²) in [6.45, 7) is 0. The van der Waals surface area contributed by atoms with E-state index in [1.54, 1.807) is 0 Å². The van der Waals surface area contributed by atoms with Gasteiger partial charge in [0.25, 0.3) is 0 Å². The minimum atomic E-state index is 1.16. The Labute approximate surface area is 222 Å². The number of para-hydroxylation sites is 1. The molecule has 0 radical (unpaired) electrons. The fraction of sp³-hybridized carbons (Fsp3) is 0. The van der Waals surface area contributed by atoms with E-state index in [-0.39, 0.29) is 0 Å². The minimum absolute atomic E-state index is 1.16. The predicted molar refractivity (Wildman–Crippen MR) is 164 cm³/mol. The zero-order chi connectivity index (χ0) is 24.3. The molecule has 0 bridgehead atoms. The van der Waals surface area contributed by atoms with Gasteiger partial charge in [0, 0.05) is 57.4 Å². The second-order valence-electron chi connectivity index (χ2n) is 9.43. The van der Waals surface area contributed by atoms with Crippen molar-refractivity contribution in [3.05, 3.63) is 127 Å². The molecule has 8 rings (SSSR count). The minimum Gasteiger partial charge on any atom is -0.310 e. The molecule has 174 valence electrons. The average molecular weight is 508 g/mol. The SMILES string of the molecule is c1ccc(N(c2ccc3cc4sc5ccccc5c4cc3c2)c2ccc3c(c2)sc2ccccc23)cc1. The van der Waals surface area contributed by atoms with Crippen LogP contribution < -0.4 is 4.90 Å². The number of thiophene rings is 2. The zero-order valence-corrected chi connectivity index (χ0v) is 21.5. The molecule has 1 nitrogen and oxygen atoms in total. The van der Waals surface area contributed by atoms with Gasteiger partial charge in [-0.15, -0.1) is 22.7 Å². The third-order valence-corrected chi connectivity index (χ3v) is 9.48. The molecule has 0 aliphatic rings. The van der Waals surface area contributed by atoms with Crippen molar-refractivity contribution < 1.29 is 0 Å². The molecule has 0 saturated heterocycles. The molecule has 6 aromatic carbocycles. The quantitative estimate of drug-likeness (QED) is 0.230. The van der Waals surface area contributed by atoms with Crippen molar-refractivity contribution in [2.45, 2.75) is 0 Å². The molecule has 8 aromatic rings. The Morgan fingerprint density at radius 1 is 0.351 bits per heavy atom. The van der Waals surface area contributed by atoms with E-state index in [0.717, 1.165) is 11.4 Å². The van der Waals surface area contributed by atoms with E-state index in [1.165, 1.54) is 56.8 Å². The van der Waals surface area contributed by atoms with Crippen LogP contribution in [0, 0.1) is 0 Å². The van der Waals surface area contributed by atoms with Gasteiger partial charge in [0.05, 0.1) is 0 Å². The van der Waals surface area contributed by atoms with Gasteiger partial charge in [-0.05, 0) is 71.4 Å². The fourth-order valence-electron chi connectivity index (χ4n) is 5.47. The summed E-state index contributed by atoms with van der Waals surface area (Å²) in [5, 5.41) is 7.86. The predicted octanol–water partition coefficient (Wildman–Crippen LogP) is 11.0. The van der Waals surface area contributed by atoms with E-state index in [0.29, 0.717) is 0 Å². The molecule has 0 aliphatic heterocycles. The third kappa shape index (κ3) is 3.36. The molecule has 37 heavy (non-hydrogen) atoms. The highest BCUT2D eigenvalue weighted by molar-refractivity contribution is 7.26. The molecule has 2 aromatic heterocycles. The van der Waals surface area contributed by atoms with Gasteiger partial charge >= 0.3 is 0 Å². The van der Waals surface area contributed by atoms with Crippen LogP contribution in [0.5, 0.6) is 0 Å². The van der Waals surface area contributed by atoms with Gasteiger partial charge < -0.3 is 4.90 Å². The Morgan fingerprint density at radius 3 is 1.73 bits per heavy atom. The lowest BCUT2D eigenvalue weighted by Crippen LogP contribution is -2.09. The van der Waals surface area contributed by atoms with Crippen molar-refractivity contribution in [1.29, 1.82) is 0 Å². The Morgan fingerprint density at radius 2 is 0.946 bits per heavy atom. The van der Waals surface area contributed by atoms with E-state index in [9.17, 15) is 0 Å². The summed E-state index contributed by atoms with van der Waals surface area (Å²) in [5.41, 5.74) is 3.49. The van der Waals surface area contributed by atoms with Gasteiger partial charge in [0.15, 0.2) is 0 Å². The van der Waals surface area contributed by atoms with E-state index >= 15 is 0 Å². The monoisotopic (exact) mass is 507 g/mol. The Balaban J connectivity index is 1.34. The van der Waals surface area contributed by atoms with Gasteiger partial charge in [0.1, 0.15) is 0 Å². The molecule has 0 aliphatic carbocycles. The van der Waals surface area contributed by atoms with E-state index in [2.05, 4.69) is 132 Å². The maximum atomic E-state index is 2.37. The first-order chi connectivity index (χ1) is 18.3. The number of benzene rings is 6. The van der Waals surface area contributed by atoms with E-state index in [1.807, 2.05) is 22.7 Å². The Hall–Kier alpha value is -4.18. The van der Waals surface area contributed by atoms with E-state index < -0.39 is 0 Å². The molecule has 0 amide bonds. The number of hydrogen-bond donors (Lipinski definition) is 0. The molecule has 0 saturated carbocycles. The van der Waals surface area contributed by atoms with Crippen molar-refractivity contribution in [2.75, 3.05) is 4.90 Å². The van der Waals surface area contributed by atoms with Crippen LogP contribution in [0.3, 0.4) is 0 Å². The molecule has 3 heteroatoms. The van der Waals surface area contributed by atoms with E-state index in [4.69, 9.17) is 0 Å². The Bertz CT molecular complexity index is 2100. The van der Waals surface area contributed by atoms with Crippen LogP contribution in [0.1, 0.15) is 0 Å². The van der Waals surface area contributed by atoms with Crippen molar-refractivity contribution in [1.82, 2.24) is 0 Å². The largest absolute Gasteiger partial charge is 0.310 e. The highest BCUT2D eigenvalue weighted by Gasteiger charge is 2.15. The first-order valence-corrected chi connectivity index (χ1v) is 14.1. The summed E-state index contributed by atoms with van der Waals surface area (Å²) in [6, 6.07) is 46.5. The molecular formula is C34H21NS2. The normalized spacial score (nSPS) is 11.8. The molecule has 0 atom stereocenters. The summed E-state index contributed by atoms with van der Waals surface area (Å²) < 4.78 is 5.33. The van der Waals surface area contributed by atoms with Gasteiger partial charge in [-0.1, -0.05) is 66.7 Å². The molecule has 0 spiro atoms. The lowest BCUT2D eigenvalue weighted by molar-refractivity contribution is 1.30. The zero-order valence-electron chi connectivity index (χ0n) is 19.9. The molecule has 0 fully saturated rings. The van der Waals surface area contributed by atoms with Crippen LogP contribution in [-0.4, -0.2) is 0 Å². The van der Waals surface area contributed by atoms with Gasteiger partial charge in [-0.25, -0.2) is 0 Å². The number of rotatable bonds is 3. The third-order valence-electron chi connectivity index (χ3n) is 7.21. The van der Waals surface area contributed by atoms with Crippen LogP contribution in [-0.2, 0) is 0 Å². The number of anilines is 3. The van der Waals surface area contributed by atoms with Crippen molar-refractivity contribution in [2.24, 2.45) is 0 Å². The van der Waals surface area contributed by atoms with Crippen molar-refractivity contribution in [3.63, 3.8) is 0 Å². The highest BCUT2D eigenvalue weighted by atomic mass is 32.1. The highest BCUT2D eigenvalue weighted by Crippen LogP contribution is 2.42. The average Bonchev–Trinajstić information content (AvgIpc) is 3.50. The lowest BCUT2D eigenvalue weighted by atomic mass is 10.0. The summed E-state index contributed by atoms with van der Waals surface area (Å²) in [4.78, 5) is 2.37. The van der Waals surface area contributed by atoms with Crippen molar-refractivity contribution in [3.8, 4) is 0 Å². The summed E-state index contributed by atoms with van der Waals surface area (Å²) in [5.74, 6) is 0. The smallest absolute Gasteiger partial charge is 0.0476 e. The summed E-state index contributed by atoms with van der Waals surface area (Å²) in [6.07, 6.45) is 0. The lowest BCUT2D eigenvalue weighted by Gasteiger charge is -2.26. The maximum absolute atomic E-state index is 2.37. The number of nitrogens with zero attached hydrogens (tertiary/aromatic N) is 1. The Kier molecular flexibility index (Phi) is 4.63. The van der Waals surface area contributed by atoms with Crippen LogP contribution in [0.15, 0.2) is 127 Å². The first kappa shape index (κ1) is 21.0. The van der Waals surface area contributed by atoms with Gasteiger partial charge in [0.2, 0.25) is 0 Å². The number of fused-ring (bicyclic) bond motifs is 7. The molecular weight excluding hydrogens is 487 g/mol. The molecule has 0 unspecified atom stereocenters. The maximum Gasteiger partial charge on any atom is 0.0476 e. The summed E-state index contributed by atoms with van der Waals surface area (Å²) in [7, 11) is 0. The van der Waals surface area contributed by atoms with Crippen LogP contribution >= 0.6 is 22.7 Å². The van der Waals surface area contributed by atoms with Crippen molar-refractivity contribution >= 4 is 90.9 Å².